The minimum atomic E-state index is -0.199. The number of halogens is 2. The van der Waals surface area contributed by atoms with Crippen LogP contribution in [0.3, 0.4) is 0 Å². The van der Waals surface area contributed by atoms with E-state index >= 15 is 0 Å². The molecule has 0 aliphatic carbocycles. The van der Waals surface area contributed by atoms with E-state index in [-0.39, 0.29) is 5.82 Å². The molecular weight excluding hydrogens is 313 g/mol. The maximum atomic E-state index is 14.1. The molecule has 2 heterocycles. The van der Waals surface area contributed by atoms with Crippen LogP contribution in [0.5, 0.6) is 0 Å². The van der Waals surface area contributed by atoms with Gasteiger partial charge >= 0.3 is 0 Å². The van der Waals surface area contributed by atoms with Crippen molar-refractivity contribution in [3.8, 4) is 0 Å². The van der Waals surface area contributed by atoms with Crippen molar-refractivity contribution in [3.05, 3.63) is 64.7 Å². The molecule has 0 radical (unpaired) electrons. The molecule has 1 N–H and O–H groups in total. The highest BCUT2D eigenvalue weighted by molar-refractivity contribution is 6.30. The van der Waals surface area contributed by atoms with Crippen molar-refractivity contribution < 1.29 is 4.39 Å². The zero-order valence-corrected chi connectivity index (χ0v) is 13.8. The van der Waals surface area contributed by atoms with Crippen LogP contribution in [0, 0.1) is 11.7 Å². The lowest BCUT2D eigenvalue weighted by molar-refractivity contribution is 0.218. The molecule has 3 nitrogen and oxygen atoms in total. The summed E-state index contributed by atoms with van der Waals surface area (Å²) in [5.41, 5.74) is 1.79. The molecule has 23 heavy (non-hydrogen) atoms. The fourth-order valence-corrected chi connectivity index (χ4v) is 3.27. The molecule has 122 valence electrons. The first-order valence-electron chi connectivity index (χ1n) is 7.96. The van der Waals surface area contributed by atoms with Crippen LogP contribution in [-0.2, 0) is 13.1 Å². The van der Waals surface area contributed by atoms with Gasteiger partial charge < -0.3 is 5.32 Å². The van der Waals surface area contributed by atoms with Crippen molar-refractivity contribution in [2.24, 2.45) is 5.92 Å². The van der Waals surface area contributed by atoms with Crippen molar-refractivity contribution in [3.63, 3.8) is 0 Å². The number of benzene rings is 1. The zero-order chi connectivity index (χ0) is 16.1. The minimum absolute atomic E-state index is 0.199. The third-order valence-electron chi connectivity index (χ3n) is 4.21. The summed E-state index contributed by atoms with van der Waals surface area (Å²) in [6, 6.07) is 8.75. The fraction of sp³-hybridized carbons (Fsp3) is 0.389. The van der Waals surface area contributed by atoms with E-state index in [1.165, 1.54) is 12.5 Å². The summed E-state index contributed by atoms with van der Waals surface area (Å²) in [4.78, 5) is 6.46. The van der Waals surface area contributed by atoms with Crippen molar-refractivity contribution in [1.82, 2.24) is 15.2 Å². The minimum Gasteiger partial charge on any atom is -0.316 e. The average Bonchev–Trinajstić information content (AvgIpc) is 3.05. The maximum Gasteiger partial charge on any atom is 0.127 e. The summed E-state index contributed by atoms with van der Waals surface area (Å²) in [6.07, 6.45) is 4.81. The molecule has 1 aromatic carbocycles. The molecule has 1 aliphatic heterocycles. The number of hydrogen-bond donors (Lipinski definition) is 1. The van der Waals surface area contributed by atoms with Gasteiger partial charge in [0.05, 0.1) is 0 Å². The van der Waals surface area contributed by atoms with Crippen molar-refractivity contribution in [1.29, 1.82) is 0 Å². The van der Waals surface area contributed by atoms with Crippen LogP contribution < -0.4 is 5.32 Å². The van der Waals surface area contributed by atoms with E-state index in [2.05, 4.69) is 21.3 Å². The summed E-state index contributed by atoms with van der Waals surface area (Å²) >= 11 is 6.03. The second-order valence-corrected chi connectivity index (χ2v) is 6.56. The maximum absolute atomic E-state index is 14.1. The molecule has 1 fully saturated rings. The predicted molar refractivity (Wildman–Crippen MR) is 90.7 cm³/mol. The third-order valence-corrected chi connectivity index (χ3v) is 4.44. The molecule has 1 aromatic heterocycles. The number of rotatable bonds is 6. The normalized spacial score (nSPS) is 17.8. The lowest BCUT2D eigenvalue weighted by Gasteiger charge is -2.25. The highest BCUT2D eigenvalue weighted by atomic mass is 35.5. The molecule has 0 saturated carbocycles. The van der Waals surface area contributed by atoms with Gasteiger partial charge in [0.15, 0.2) is 0 Å². The Labute approximate surface area is 141 Å². The summed E-state index contributed by atoms with van der Waals surface area (Å²) in [7, 11) is 0. The first kappa shape index (κ1) is 16.4. The molecule has 0 unspecified atom stereocenters. The number of nitrogens with one attached hydrogen (secondary N) is 1. The van der Waals surface area contributed by atoms with Crippen molar-refractivity contribution in [2.75, 3.05) is 19.6 Å². The van der Waals surface area contributed by atoms with Crippen LogP contribution in [0.1, 0.15) is 17.5 Å². The standard InChI is InChI=1S/C18H21ClFN3/c19-17-3-4-18(20)16(8-17)13-23(12-15-5-7-22-10-15)11-14-2-1-6-21-9-14/h1-4,6,8-9,15,22H,5,7,10-13H2/t15-/m1/s1. The highest BCUT2D eigenvalue weighted by Crippen LogP contribution is 2.20. The van der Waals surface area contributed by atoms with Crippen LogP contribution >= 0.6 is 11.6 Å². The Morgan fingerprint density at radius 1 is 1.30 bits per heavy atom. The second-order valence-electron chi connectivity index (χ2n) is 6.13. The summed E-state index contributed by atoms with van der Waals surface area (Å²) < 4.78 is 14.1. The zero-order valence-electron chi connectivity index (χ0n) is 13.0. The first-order chi connectivity index (χ1) is 11.2. The van der Waals surface area contributed by atoms with Crippen molar-refractivity contribution >= 4 is 11.6 Å². The van der Waals surface area contributed by atoms with Crippen LogP contribution in [0.15, 0.2) is 42.7 Å². The van der Waals surface area contributed by atoms with Gasteiger partial charge in [0.1, 0.15) is 5.82 Å². The number of pyridine rings is 1. The molecule has 1 aliphatic rings. The largest absolute Gasteiger partial charge is 0.316 e. The van der Waals surface area contributed by atoms with E-state index in [4.69, 9.17) is 11.6 Å². The molecule has 1 saturated heterocycles. The van der Waals surface area contributed by atoms with Gasteiger partial charge in [0.2, 0.25) is 0 Å². The van der Waals surface area contributed by atoms with Crippen molar-refractivity contribution in [2.45, 2.75) is 19.5 Å². The third kappa shape index (κ3) is 4.74. The SMILES string of the molecule is Fc1ccc(Cl)cc1CN(Cc1cccnc1)C[C@@H]1CCNC1. The number of nitrogens with zero attached hydrogens (tertiary/aromatic N) is 2. The number of aromatic nitrogens is 1. The predicted octanol–water partition coefficient (Wildman–Crippen LogP) is 3.49. The summed E-state index contributed by atoms with van der Waals surface area (Å²) in [5, 5.41) is 3.97. The molecule has 2 aromatic rings. The van der Waals surface area contributed by atoms with E-state index in [0.717, 1.165) is 31.7 Å². The average molecular weight is 334 g/mol. The molecule has 0 spiro atoms. The van der Waals surface area contributed by atoms with E-state index in [0.29, 0.717) is 23.0 Å². The lowest BCUT2D eigenvalue weighted by atomic mass is 10.1. The molecule has 3 rings (SSSR count). The first-order valence-corrected chi connectivity index (χ1v) is 8.34. The van der Waals surface area contributed by atoms with Gasteiger partial charge in [-0.1, -0.05) is 17.7 Å². The lowest BCUT2D eigenvalue weighted by Crippen LogP contribution is -2.30. The fourth-order valence-electron chi connectivity index (χ4n) is 3.08. The van der Waals surface area contributed by atoms with Gasteiger partial charge in [-0.2, -0.15) is 0 Å². The molecule has 0 amide bonds. The van der Waals surface area contributed by atoms with Gasteiger partial charge in [-0.3, -0.25) is 9.88 Å². The highest BCUT2D eigenvalue weighted by Gasteiger charge is 2.19. The Balaban J connectivity index is 1.74. The Morgan fingerprint density at radius 2 is 2.22 bits per heavy atom. The van der Waals surface area contributed by atoms with Crippen LogP contribution in [0.4, 0.5) is 4.39 Å². The van der Waals surface area contributed by atoms with E-state index in [1.54, 1.807) is 18.3 Å². The van der Waals surface area contributed by atoms with Gasteiger partial charge in [0, 0.05) is 42.6 Å². The Kier molecular flexibility index (Phi) is 5.60. The van der Waals surface area contributed by atoms with E-state index in [1.807, 2.05) is 12.3 Å². The van der Waals surface area contributed by atoms with Gasteiger partial charge in [0.25, 0.3) is 0 Å². The van der Waals surface area contributed by atoms with Crippen LogP contribution in [0.25, 0.3) is 0 Å². The Morgan fingerprint density at radius 3 is 2.96 bits per heavy atom. The topological polar surface area (TPSA) is 28.2 Å². The molecule has 1 atom stereocenters. The monoisotopic (exact) mass is 333 g/mol. The Hall–Kier alpha value is -1.49. The summed E-state index contributed by atoms with van der Waals surface area (Å²) in [6.45, 7) is 4.35. The van der Waals surface area contributed by atoms with E-state index < -0.39 is 0 Å². The molecule has 0 bridgehead atoms. The molecule has 5 heteroatoms. The van der Waals surface area contributed by atoms with Crippen LogP contribution in [0.2, 0.25) is 5.02 Å². The van der Waals surface area contributed by atoms with Gasteiger partial charge in [-0.15, -0.1) is 0 Å². The Bertz CT molecular complexity index is 629. The van der Waals surface area contributed by atoms with Gasteiger partial charge in [-0.05, 0) is 55.3 Å². The van der Waals surface area contributed by atoms with Gasteiger partial charge in [-0.25, -0.2) is 4.39 Å². The molecular formula is C18H21ClFN3. The van der Waals surface area contributed by atoms with E-state index in [9.17, 15) is 4.39 Å². The van der Waals surface area contributed by atoms with Crippen LogP contribution in [-0.4, -0.2) is 29.5 Å². The second kappa shape index (κ2) is 7.86. The summed E-state index contributed by atoms with van der Waals surface area (Å²) in [5.74, 6) is 0.407. The quantitative estimate of drug-likeness (QED) is 0.877. The number of hydrogen-bond acceptors (Lipinski definition) is 3. The smallest absolute Gasteiger partial charge is 0.127 e.